The van der Waals surface area contributed by atoms with E-state index >= 15 is 0 Å². The fourth-order valence-corrected chi connectivity index (χ4v) is 2.75. The van der Waals surface area contributed by atoms with Crippen LogP contribution in [0.2, 0.25) is 0 Å². The quantitative estimate of drug-likeness (QED) is 0.573. The van der Waals surface area contributed by atoms with Crippen LogP contribution in [0.4, 0.5) is 0 Å². The van der Waals surface area contributed by atoms with E-state index in [1.165, 1.54) is 7.11 Å². The third-order valence-electron chi connectivity index (χ3n) is 4.15. The fourth-order valence-electron chi connectivity index (χ4n) is 2.75. The van der Waals surface area contributed by atoms with Crippen LogP contribution in [0.3, 0.4) is 0 Å². The van der Waals surface area contributed by atoms with Crippen molar-refractivity contribution in [3.63, 3.8) is 0 Å². The molecular weight excluding hydrogens is 360 g/mol. The van der Waals surface area contributed by atoms with Gasteiger partial charge in [0.25, 0.3) is 0 Å². The first kappa shape index (κ1) is 19.4. The number of benzene rings is 1. The molecule has 0 fully saturated rings. The van der Waals surface area contributed by atoms with E-state index < -0.39 is 0 Å². The Hall–Kier alpha value is -3.32. The number of ether oxygens (including phenoxy) is 1. The van der Waals surface area contributed by atoms with Crippen molar-refractivity contribution < 1.29 is 23.2 Å². The zero-order valence-corrected chi connectivity index (χ0v) is 15.6. The predicted octanol–water partition coefficient (Wildman–Crippen LogP) is 2.98. The summed E-state index contributed by atoms with van der Waals surface area (Å²) in [7, 11) is 1.34. The molecule has 0 atom stereocenters. The van der Waals surface area contributed by atoms with Crippen molar-refractivity contribution in [3.8, 4) is 0 Å². The summed E-state index contributed by atoms with van der Waals surface area (Å²) in [5.41, 5.74) is 1.37. The maximum Gasteiger partial charge on any atom is 0.337 e. The highest BCUT2D eigenvalue weighted by atomic mass is 16.5. The average Bonchev–Trinajstić information content (AvgIpc) is 3.40. The third-order valence-corrected chi connectivity index (χ3v) is 4.15. The minimum Gasteiger partial charge on any atom is -0.468 e. The Labute approximate surface area is 162 Å². The summed E-state index contributed by atoms with van der Waals surface area (Å²) in [5, 5.41) is 2.89. The molecule has 0 aliphatic carbocycles. The van der Waals surface area contributed by atoms with Gasteiger partial charge in [0.05, 0.1) is 44.8 Å². The summed E-state index contributed by atoms with van der Waals surface area (Å²) in [6.45, 7) is 1.56. The molecule has 0 spiro atoms. The van der Waals surface area contributed by atoms with Crippen LogP contribution in [0, 0.1) is 0 Å². The van der Waals surface area contributed by atoms with Gasteiger partial charge >= 0.3 is 5.97 Å². The molecule has 1 N–H and O–H groups in total. The number of amides is 1. The number of hydrogen-bond donors (Lipinski definition) is 1. The lowest BCUT2D eigenvalue weighted by Crippen LogP contribution is -2.36. The minimum atomic E-state index is -0.387. The van der Waals surface area contributed by atoms with Crippen LogP contribution in [0.1, 0.15) is 27.4 Å². The molecule has 28 heavy (non-hydrogen) atoms. The van der Waals surface area contributed by atoms with E-state index in [9.17, 15) is 9.59 Å². The molecule has 3 rings (SSSR count). The summed E-state index contributed by atoms with van der Waals surface area (Å²) < 4.78 is 15.5. The molecule has 0 bridgehead atoms. The SMILES string of the molecule is COC(=O)c1ccc(CNC(=O)CN(Cc2ccco2)Cc2ccco2)cc1. The van der Waals surface area contributed by atoms with Gasteiger partial charge in [-0.15, -0.1) is 0 Å². The molecular formula is C21H22N2O5. The van der Waals surface area contributed by atoms with Gasteiger partial charge in [0, 0.05) is 6.54 Å². The van der Waals surface area contributed by atoms with E-state index in [1.54, 1.807) is 36.8 Å². The Bertz CT molecular complexity index is 834. The van der Waals surface area contributed by atoms with E-state index in [0.717, 1.165) is 17.1 Å². The first-order chi connectivity index (χ1) is 13.6. The van der Waals surface area contributed by atoms with Crippen LogP contribution in [-0.4, -0.2) is 30.4 Å². The lowest BCUT2D eigenvalue weighted by atomic mass is 10.1. The Morgan fingerprint density at radius 1 is 0.964 bits per heavy atom. The standard InChI is InChI=1S/C21H22N2O5/c1-26-21(25)17-8-6-16(7-9-17)12-22-20(24)15-23(13-18-4-2-10-27-18)14-19-5-3-11-28-19/h2-11H,12-15H2,1H3,(H,22,24). The summed E-state index contributed by atoms with van der Waals surface area (Å²) in [6, 6.07) is 14.3. The second-order valence-electron chi connectivity index (χ2n) is 6.27. The summed E-state index contributed by atoms with van der Waals surface area (Å²) in [6.07, 6.45) is 3.22. The van der Waals surface area contributed by atoms with Gasteiger partial charge in [-0.2, -0.15) is 0 Å². The maximum absolute atomic E-state index is 12.4. The van der Waals surface area contributed by atoms with Gasteiger partial charge in [-0.1, -0.05) is 12.1 Å². The van der Waals surface area contributed by atoms with Crippen LogP contribution >= 0.6 is 0 Å². The first-order valence-corrected chi connectivity index (χ1v) is 8.85. The predicted molar refractivity (Wildman–Crippen MR) is 101 cm³/mol. The zero-order chi connectivity index (χ0) is 19.8. The number of carbonyl (C=O) groups is 2. The van der Waals surface area contributed by atoms with Crippen LogP contribution in [-0.2, 0) is 29.2 Å². The van der Waals surface area contributed by atoms with Crippen molar-refractivity contribution in [3.05, 3.63) is 83.7 Å². The Morgan fingerprint density at radius 2 is 1.57 bits per heavy atom. The van der Waals surface area contributed by atoms with Gasteiger partial charge < -0.3 is 18.9 Å². The number of nitrogens with one attached hydrogen (secondary N) is 1. The van der Waals surface area contributed by atoms with Crippen molar-refractivity contribution in [2.75, 3.05) is 13.7 Å². The van der Waals surface area contributed by atoms with Crippen molar-refractivity contribution in [1.82, 2.24) is 10.2 Å². The molecule has 1 aromatic carbocycles. The van der Waals surface area contributed by atoms with E-state index in [2.05, 4.69) is 10.1 Å². The second-order valence-corrected chi connectivity index (χ2v) is 6.27. The largest absolute Gasteiger partial charge is 0.468 e. The maximum atomic E-state index is 12.4. The Morgan fingerprint density at radius 3 is 2.07 bits per heavy atom. The Kier molecular flexibility index (Phi) is 6.64. The van der Waals surface area contributed by atoms with Gasteiger partial charge in [-0.3, -0.25) is 9.69 Å². The number of nitrogens with zero attached hydrogens (tertiary/aromatic N) is 1. The number of rotatable bonds is 9. The van der Waals surface area contributed by atoms with Gasteiger partial charge in [-0.25, -0.2) is 4.79 Å². The van der Waals surface area contributed by atoms with Crippen molar-refractivity contribution in [2.45, 2.75) is 19.6 Å². The molecule has 0 radical (unpaired) electrons. The van der Waals surface area contributed by atoms with E-state index in [0.29, 0.717) is 25.2 Å². The molecule has 0 unspecified atom stereocenters. The van der Waals surface area contributed by atoms with Gasteiger partial charge in [0.1, 0.15) is 11.5 Å². The second kappa shape index (κ2) is 9.57. The molecule has 7 nitrogen and oxygen atoms in total. The first-order valence-electron chi connectivity index (χ1n) is 8.85. The number of furan rings is 2. The van der Waals surface area contributed by atoms with E-state index in [1.807, 2.05) is 29.2 Å². The van der Waals surface area contributed by atoms with Crippen LogP contribution < -0.4 is 5.32 Å². The fraction of sp³-hybridized carbons (Fsp3) is 0.238. The molecule has 2 heterocycles. The number of carbonyl (C=O) groups excluding carboxylic acids is 2. The van der Waals surface area contributed by atoms with Gasteiger partial charge in [0.15, 0.2) is 0 Å². The smallest absolute Gasteiger partial charge is 0.337 e. The molecule has 2 aromatic heterocycles. The highest BCUT2D eigenvalue weighted by Gasteiger charge is 2.15. The summed E-state index contributed by atoms with van der Waals surface area (Å²) in [5.74, 6) is 1.05. The number of hydrogen-bond acceptors (Lipinski definition) is 6. The lowest BCUT2D eigenvalue weighted by molar-refractivity contribution is -0.122. The van der Waals surface area contributed by atoms with E-state index in [-0.39, 0.29) is 18.4 Å². The van der Waals surface area contributed by atoms with Crippen LogP contribution in [0.25, 0.3) is 0 Å². The van der Waals surface area contributed by atoms with E-state index in [4.69, 9.17) is 8.83 Å². The summed E-state index contributed by atoms with van der Waals surface area (Å²) in [4.78, 5) is 25.8. The topological polar surface area (TPSA) is 84.9 Å². The van der Waals surface area contributed by atoms with Crippen molar-refractivity contribution in [1.29, 1.82) is 0 Å². The molecule has 3 aromatic rings. The van der Waals surface area contributed by atoms with Crippen molar-refractivity contribution >= 4 is 11.9 Å². The summed E-state index contributed by atoms with van der Waals surface area (Å²) >= 11 is 0. The van der Waals surface area contributed by atoms with Crippen LogP contribution in [0.15, 0.2) is 69.9 Å². The lowest BCUT2D eigenvalue weighted by Gasteiger charge is -2.19. The average molecular weight is 382 g/mol. The normalized spacial score (nSPS) is 10.8. The molecule has 7 heteroatoms. The van der Waals surface area contributed by atoms with Crippen molar-refractivity contribution in [2.24, 2.45) is 0 Å². The highest BCUT2D eigenvalue weighted by Crippen LogP contribution is 2.11. The number of esters is 1. The molecule has 0 saturated carbocycles. The van der Waals surface area contributed by atoms with Gasteiger partial charge in [0.2, 0.25) is 5.91 Å². The molecule has 146 valence electrons. The van der Waals surface area contributed by atoms with Crippen LogP contribution in [0.5, 0.6) is 0 Å². The molecule has 0 saturated heterocycles. The monoisotopic (exact) mass is 382 g/mol. The minimum absolute atomic E-state index is 0.116. The number of methoxy groups -OCH3 is 1. The Balaban J connectivity index is 1.54. The molecule has 0 aliphatic rings. The highest BCUT2D eigenvalue weighted by molar-refractivity contribution is 5.89. The molecule has 0 aliphatic heterocycles. The van der Waals surface area contributed by atoms with Gasteiger partial charge in [-0.05, 0) is 42.0 Å². The molecule has 1 amide bonds. The zero-order valence-electron chi connectivity index (χ0n) is 15.6. The third kappa shape index (κ3) is 5.59.